The zero-order valence-electron chi connectivity index (χ0n) is 14.8. The Labute approximate surface area is 149 Å². The molecule has 1 heterocycles. The average Bonchev–Trinajstić information content (AvgIpc) is 2.68. The maximum Gasteiger partial charge on any atom is 0.122 e. The normalized spacial score (nSPS) is 15.4. The van der Waals surface area contributed by atoms with Gasteiger partial charge in [0.1, 0.15) is 5.75 Å². The minimum Gasteiger partial charge on any atom is -0.496 e. The van der Waals surface area contributed by atoms with Crippen LogP contribution in [0.15, 0.2) is 60.7 Å². The first-order valence-electron chi connectivity index (χ1n) is 9.21. The molecule has 3 aromatic carbocycles. The zero-order valence-corrected chi connectivity index (χ0v) is 14.8. The van der Waals surface area contributed by atoms with Gasteiger partial charge in [0, 0.05) is 5.56 Å². The van der Waals surface area contributed by atoms with Crippen LogP contribution in [-0.2, 0) is 6.42 Å². The lowest BCUT2D eigenvalue weighted by molar-refractivity contribution is 0.361. The molecule has 4 rings (SSSR count). The van der Waals surface area contributed by atoms with Crippen LogP contribution >= 0.6 is 0 Å². The summed E-state index contributed by atoms with van der Waals surface area (Å²) < 4.78 is 5.72. The second-order valence-corrected chi connectivity index (χ2v) is 6.95. The van der Waals surface area contributed by atoms with Gasteiger partial charge in [-0.05, 0) is 72.3 Å². The molecule has 3 aromatic rings. The Balaban J connectivity index is 1.76. The highest BCUT2D eigenvalue weighted by atomic mass is 16.5. The van der Waals surface area contributed by atoms with Gasteiger partial charge in [0.25, 0.3) is 0 Å². The number of piperidine rings is 1. The molecule has 0 aliphatic carbocycles. The Kier molecular flexibility index (Phi) is 4.71. The molecule has 1 aliphatic heterocycles. The predicted molar refractivity (Wildman–Crippen MR) is 105 cm³/mol. The highest BCUT2D eigenvalue weighted by Gasteiger charge is 2.19. The molecule has 128 valence electrons. The van der Waals surface area contributed by atoms with Gasteiger partial charge in [0.05, 0.1) is 7.11 Å². The van der Waals surface area contributed by atoms with Crippen LogP contribution in [-0.4, -0.2) is 20.2 Å². The molecular formula is C23H25NO. The van der Waals surface area contributed by atoms with Gasteiger partial charge in [0.15, 0.2) is 0 Å². The fourth-order valence-corrected chi connectivity index (χ4v) is 3.97. The summed E-state index contributed by atoms with van der Waals surface area (Å²) in [5.74, 6) is 1.75. The van der Waals surface area contributed by atoms with Gasteiger partial charge in [-0.15, -0.1) is 0 Å². The van der Waals surface area contributed by atoms with Crippen molar-refractivity contribution in [2.24, 2.45) is 5.92 Å². The van der Waals surface area contributed by atoms with Crippen molar-refractivity contribution in [3.63, 3.8) is 0 Å². The predicted octanol–water partition coefficient (Wildman–Crippen LogP) is 5.06. The first kappa shape index (κ1) is 16.2. The fraction of sp³-hybridized carbons (Fsp3) is 0.304. The molecule has 1 saturated heterocycles. The first-order chi connectivity index (χ1) is 12.3. The van der Waals surface area contributed by atoms with Gasteiger partial charge in [-0.2, -0.15) is 0 Å². The van der Waals surface area contributed by atoms with Crippen LogP contribution < -0.4 is 10.1 Å². The standard InChI is InChI=1S/C23H25NO/c1-25-23-8-4-7-21(22(23)15-17-11-13-24-14-12-17)20-10-9-18-5-2-3-6-19(18)16-20/h2-10,16-17,24H,11-15H2,1H3. The van der Waals surface area contributed by atoms with E-state index >= 15 is 0 Å². The maximum atomic E-state index is 5.72. The van der Waals surface area contributed by atoms with Gasteiger partial charge < -0.3 is 10.1 Å². The lowest BCUT2D eigenvalue weighted by Crippen LogP contribution is -2.28. The SMILES string of the molecule is COc1cccc(-c2ccc3ccccc3c2)c1CC1CCNCC1. The van der Waals surface area contributed by atoms with E-state index in [1.54, 1.807) is 7.11 Å². The number of rotatable bonds is 4. The van der Waals surface area contributed by atoms with Crippen molar-refractivity contribution < 1.29 is 4.74 Å². The van der Waals surface area contributed by atoms with E-state index in [1.807, 2.05) is 0 Å². The molecule has 2 nitrogen and oxygen atoms in total. The van der Waals surface area contributed by atoms with Gasteiger partial charge >= 0.3 is 0 Å². The van der Waals surface area contributed by atoms with Crippen molar-refractivity contribution in [3.05, 3.63) is 66.2 Å². The van der Waals surface area contributed by atoms with Crippen LogP contribution in [0.5, 0.6) is 5.75 Å². The molecule has 0 radical (unpaired) electrons. The van der Waals surface area contributed by atoms with Crippen molar-refractivity contribution in [2.75, 3.05) is 20.2 Å². The highest BCUT2D eigenvalue weighted by Crippen LogP contribution is 2.35. The van der Waals surface area contributed by atoms with E-state index in [1.165, 1.54) is 40.3 Å². The number of nitrogens with one attached hydrogen (secondary N) is 1. The Bertz CT molecular complexity index is 865. The molecule has 1 fully saturated rings. The number of hydrogen-bond acceptors (Lipinski definition) is 2. The van der Waals surface area contributed by atoms with Gasteiger partial charge in [-0.1, -0.05) is 48.5 Å². The van der Waals surface area contributed by atoms with Crippen molar-refractivity contribution in [2.45, 2.75) is 19.3 Å². The Morgan fingerprint density at radius 3 is 2.52 bits per heavy atom. The first-order valence-corrected chi connectivity index (χ1v) is 9.21. The summed E-state index contributed by atoms with van der Waals surface area (Å²) in [7, 11) is 1.78. The van der Waals surface area contributed by atoms with Crippen LogP contribution in [0.1, 0.15) is 18.4 Å². The smallest absolute Gasteiger partial charge is 0.122 e. The molecular weight excluding hydrogens is 306 g/mol. The molecule has 1 aliphatic rings. The molecule has 2 heteroatoms. The second kappa shape index (κ2) is 7.28. The Hall–Kier alpha value is -2.32. The van der Waals surface area contributed by atoms with Crippen LogP contribution in [0, 0.1) is 5.92 Å². The van der Waals surface area contributed by atoms with Gasteiger partial charge in [-0.3, -0.25) is 0 Å². The summed E-state index contributed by atoms with van der Waals surface area (Å²) in [5, 5.41) is 6.04. The van der Waals surface area contributed by atoms with Crippen molar-refractivity contribution >= 4 is 10.8 Å². The van der Waals surface area contributed by atoms with E-state index in [0.29, 0.717) is 0 Å². The number of fused-ring (bicyclic) bond motifs is 1. The molecule has 0 amide bonds. The quantitative estimate of drug-likeness (QED) is 0.722. The molecule has 0 bridgehead atoms. The van der Waals surface area contributed by atoms with Crippen LogP contribution in [0.3, 0.4) is 0 Å². The summed E-state index contributed by atoms with van der Waals surface area (Å²) in [6.07, 6.45) is 3.58. The molecule has 25 heavy (non-hydrogen) atoms. The molecule has 0 atom stereocenters. The second-order valence-electron chi connectivity index (χ2n) is 6.95. The molecule has 0 unspecified atom stereocenters. The summed E-state index contributed by atoms with van der Waals surface area (Å²) in [6, 6.07) is 21.8. The van der Waals surface area contributed by atoms with Crippen LogP contribution in [0.4, 0.5) is 0 Å². The van der Waals surface area contributed by atoms with E-state index in [-0.39, 0.29) is 0 Å². The molecule has 0 spiro atoms. The summed E-state index contributed by atoms with van der Waals surface area (Å²) >= 11 is 0. The average molecular weight is 331 g/mol. The lowest BCUT2D eigenvalue weighted by atomic mass is 9.86. The maximum absolute atomic E-state index is 5.72. The van der Waals surface area contributed by atoms with E-state index in [2.05, 4.69) is 66.0 Å². The van der Waals surface area contributed by atoms with Crippen molar-refractivity contribution in [3.8, 4) is 16.9 Å². The molecule has 0 aromatic heterocycles. The van der Waals surface area contributed by atoms with E-state index < -0.39 is 0 Å². The monoisotopic (exact) mass is 331 g/mol. The largest absolute Gasteiger partial charge is 0.496 e. The molecule has 1 N–H and O–H groups in total. The van der Waals surface area contributed by atoms with E-state index in [9.17, 15) is 0 Å². The van der Waals surface area contributed by atoms with Crippen molar-refractivity contribution in [1.29, 1.82) is 0 Å². The third kappa shape index (κ3) is 3.40. The molecule has 0 saturated carbocycles. The third-order valence-corrected chi connectivity index (χ3v) is 5.36. The van der Waals surface area contributed by atoms with Crippen molar-refractivity contribution in [1.82, 2.24) is 5.32 Å². The summed E-state index contributed by atoms with van der Waals surface area (Å²) in [6.45, 7) is 2.26. The van der Waals surface area contributed by atoms with Gasteiger partial charge in [-0.25, -0.2) is 0 Å². The number of benzene rings is 3. The summed E-state index contributed by atoms with van der Waals surface area (Å²) in [4.78, 5) is 0. The Morgan fingerprint density at radius 2 is 1.72 bits per heavy atom. The topological polar surface area (TPSA) is 21.3 Å². The number of methoxy groups -OCH3 is 1. The summed E-state index contributed by atoms with van der Waals surface area (Å²) in [5.41, 5.74) is 3.94. The zero-order chi connectivity index (χ0) is 17.1. The van der Waals surface area contributed by atoms with Crippen LogP contribution in [0.2, 0.25) is 0 Å². The number of ether oxygens (including phenoxy) is 1. The highest BCUT2D eigenvalue weighted by molar-refractivity contribution is 5.88. The number of hydrogen-bond donors (Lipinski definition) is 1. The third-order valence-electron chi connectivity index (χ3n) is 5.36. The van der Waals surface area contributed by atoms with E-state index in [4.69, 9.17) is 4.74 Å². The van der Waals surface area contributed by atoms with Crippen LogP contribution in [0.25, 0.3) is 21.9 Å². The minimum atomic E-state index is 0.733. The lowest BCUT2D eigenvalue weighted by Gasteiger charge is -2.25. The minimum absolute atomic E-state index is 0.733. The fourth-order valence-electron chi connectivity index (χ4n) is 3.97. The Morgan fingerprint density at radius 1 is 0.920 bits per heavy atom. The van der Waals surface area contributed by atoms with E-state index in [0.717, 1.165) is 31.2 Å². The van der Waals surface area contributed by atoms with Gasteiger partial charge in [0.2, 0.25) is 0 Å².